The van der Waals surface area contributed by atoms with Gasteiger partial charge in [-0.25, -0.2) is 14.6 Å². The van der Waals surface area contributed by atoms with Crippen LogP contribution in [0.4, 0.5) is 4.79 Å². The standard InChI is InChI=1S/C28H47N5O6S/c1-9-18(5)22(31-26(37)28(6)13-11-12-14-32(28)7)24(34)33(8)20(17(3)4)15-21(39-27(38)29-10-2)23-30-19(16-40-23)25(35)36/h16-18,20-22H,9-15H2,1-8H3,(H,29,38)(H,31,37)(H,35,36)/t18?,20-,21-,22+,28-/m1/s1. The number of aromatic nitrogens is 1. The number of nitrogens with zero attached hydrogens (tertiary/aromatic N) is 3. The predicted molar refractivity (Wildman–Crippen MR) is 154 cm³/mol. The van der Waals surface area contributed by atoms with Crippen molar-refractivity contribution in [3.8, 4) is 0 Å². The van der Waals surface area contributed by atoms with Gasteiger partial charge >= 0.3 is 12.1 Å². The number of nitrogens with one attached hydrogen (secondary N) is 2. The van der Waals surface area contributed by atoms with Crippen LogP contribution in [0, 0.1) is 11.8 Å². The van der Waals surface area contributed by atoms with Crippen LogP contribution in [0.2, 0.25) is 0 Å². The summed E-state index contributed by atoms with van der Waals surface area (Å²) in [6.07, 6.45) is 2.13. The Labute approximate surface area is 242 Å². The molecular formula is C28H47N5O6S. The molecule has 2 heterocycles. The number of carboxylic acid groups (broad SMARTS) is 1. The molecule has 0 radical (unpaired) electrons. The van der Waals surface area contributed by atoms with Gasteiger partial charge in [-0.2, -0.15) is 0 Å². The number of carbonyl (C=O) groups is 4. The minimum absolute atomic E-state index is 0.0385. The predicted octanol–water partition coefficient (Wildman–Crippen LogP) is 3.91. The zero-order valence-electron chi connectivity index (χ0n) is 25.2. The van der Waals surface area contributed by atoms with Crippen LogP contribution in [0.5, 0.6) is 0 Å². The average Bonchev–Trinajstić information content (AvgIpc) is 3.40. The first-order valence-electron chi connectivity index (χ1n) is 14.2. The summed E-state index contributed by atoms with van der Waals surface area (Å²) in [5.41, 5.74) is -0.811. The smallest absolute Gasteiger partial charge is 0.407 e. The number of aromatic carboxylic acids is 1. The summed E-state index contributed by atoms with van der Waals surface area (Å²) in [6, 6.07) is -1.11. The van der Waals surface area contributed by atoms with Crippen LogP contribution < -0.4 is 10.6 Å². The molecule has 3 amide bonds. The molecule has 1 aliphatic heterocycles. The minimum atomic E-state index is -1.17. The van der Waals surface area contributed by atoms with Gasteiger partial charge in [-0.1, -0.05) is 34.1 Å². The van der Waals surface area contributed by atoms with Crippen LogP contribution in [0.15, 0.2) is 5.38 Å². The molecule has 0 bridgehead atoms. The lowest BCUT2D eigenvalue weighted by molar-refractivity contribution is -0.143. The molecular weight excluding hydrogens is 534 g/mol. The van der Waals surface area contributed by atoms with Crippen molar-refractivity contribution in [2.45, 2.75) is 97.4 Å². The number of alkyl carbamates (subject to hydrolysis) is 1. The molecule has 0 aromatic carbocycles. The fourth-order valence-corrected chi connectivity index (χ4v) is 5.88. The Morgan fingerprint density at radius 1 is 1.23 bits per heavy atom. The monoisotopic (exact) mass is 581 g/mol. The highest BCUT2D eigenvalue weighted by Crippen LogP contribution is 2.31. The van der Waals surface area contributed by atoms with E-state index in [1.165, 1.54) is 5.38 Å². The Morgan fingerprint density at radius 2 is 1.90 bits per heavy atom. The zero-order valence-corrected chi connectivity index (χ0v) is 26.0. The molecule has 0 aliphatic carbocycles. The van der Waals surface area contributed by atoms with Crippen LogP contribution in [0.25, 0.3) is 0 Å². The lowest BCUT2D eigenvalue weighted by Gasteiger charge is -2.43. The normalized spacial score (nSPS) is 20.7. The summed E-state index contributed by atoms with van der Waals surface area (Å²) in [6.45, 7) is 12.8. The summed E-state index contributed by atoms with van der Waals surface area (Å²) in [5.74, 6) is -1.68. The highest BCUT2D eigenvalue weighted by atomic mass is 32.1. The molecule has 226 valence electrons. The number of amides is 3. The number of likely N-dealkylation sites (N-methyl/N-ethyl adjacent to an activating group) is 2. The lowest BCUT2D eigenvalue weighted by Crippen LogP contribution is -2.62. The van der Waals surface area contributed by atoms with Gasteiger partial charge in [0.05, 0.1) is 5.54 Å². The van der Waals surface area contributed by atoms with E-state index in [4.69, 9.17) is 4.74 Å². The second-order valence-electron chi connectivity index (χ2n) is 11.3. The van der Waals surface area contributed by atoms with Crippen molar-refractivity contribution in [1.82, 2.24) is 25.4 Å². The van der Waals surface area contributed by atoms with Gasteiger partial charge in [0, 0.05) is 31.4 Å². The average molecular weight is 582 g/mol. The Hall–Kier alpha value is -2.73. The largest absolute Gasteiger partial charge is 0.476 e. The lowest BCUT2D eigenvalue weighted by atomic mass is 9.86. The van der Waals surface area contributed by atoms with Gasteiger partial charge < -0.3 is 25.4 Å². The maximum absolute atomic E-state index is 14.0. The van der Waals surface area contributed by atoms with Crippen LogP contribution in [-0.4, -0.2) is 88.6 Å². The number of piperidine rings is 1. The highest BCUT2D eigenvalue weighted by molar-refractivity contribution is 7.09. The number of hydrogen-bond donors (Lipinski definition) is 3. The van der Waals surface area contributed by atoms with Crippen molar-refractivity contribution in [2.75, 3.05) is 27.2 Å². The number of rotatable bonds is 13. The summed E-state index contributed by atoms with van der Waals surface area (Å²) in [5, 5.41) is 16.8. The third-order valence-electron chi connectivity index (χ3n) is 8.16. The fourth-order valence-electron chi connectivity index (χ4n) is 5.05. The van der Waals surface area contributed by atoms with Crippen molar-refractivity contribution < 1.29 is 29.0 Å². The molecule has 1 aromatic rings. The molecule has 0 saturated carbocycles. The third-order valence-corrected chi connectivity index (χ3v) is 9.10. The molecule has 11 nitrogen and oxygen atoms in total. The zero-order chi connectivity index (χ0) is 30.2. The van der Waals surface area contributed by atoms with Crippen LogP contribution in [-0.2, 0) is 14.3 Å². The summed E-state index contributed by atoms with van der Waals surface area (Å²) in [7, 11) is 3.65. The third kappa shape index (κ3) is 8.15. The molecule has 1 aliphatic rings. The van der Waals surface area contributed by atoms with Gasteiger partial charge in [0.1, 0.15) is 11.0 Å². The first-order chi connectivity index (χ1) is 18.8. The van der Waals surface area contributed by atoms with E-state index >= 15 is 0 Å². The molecule has 12 heteroatoms. The van der Waals surface area contributed by atoms with E-state index in [2.05, 4.69) is 20.5 Å². The Bertz CT molecular complexity index is 1030. The van der Waals surface area contributed by atoms with E-state index in [0.29, 0.717) is 18.0 Å². The number of hydrogen-bond acceptors (Lipinski definition) is 8. The molecule has 40 heavy (non-hydrogen) atoms. The van der Waals surface area contributed by atoms with Crippen LogP contribution >= 0.6 is 11.3 Å². The quantitative estimate of drug-likeness (QED) is 0.318. The van der Waals surface area contributed by atoms with Gasteiger partial charge in [0.2, 0.25) is 11.8 Å². The maximum atomic E-state index is 14.0. The Morgan fingerprint density at radius 3 is 2.42 bits per heavy atom. The minimum Gasteiger partial charge on any atom is -0.476 e. The second-order valence-corrected chi connectivity index (χ2v) is 12.2. The summed E-state index contributed by atoms with van der Waals surface area (Å²) in [4.78, 5) is 59.3. The number of likely N-dealkylation sites (tertiary alicyclic amines) is 1. The molecule has 3 N–H and O–H groups in total. The van der Waals surface area contributed by atoms with Crippen LogP contribution in [0.3, 0.4) is 0 Å². The number of carbonyl (C=O) groups excluding carboxylic acids is 3. The Balaban J connectivity index is 2.33. The van der Waals surface area contributed by atoms with E-state index in [1.54, 1.807) is 18.9 Å². The van der Waals surface area contributed by atoms with Crippen molar-refractivity contribution >= 4 is 35.2 Å². The second kappa shape index (κ2) is 14.8. The van der Waals surface area contributed by atoms with E-state index in [9.17, 15) is 24.3 Å². The molecule has 1 aromatic heterocycles. The number of carboxylic acids is 1. The van der Waals surface area contributed by atoms with Gasteiger partial charge in [-0.05, 0) is 58.5 Å². The summed E-state index contributed by atoms with van der Waals surface area (Å²) < 4.78 is 5.67. The molecule has 0 spiro atoms. The van der Waals surface area contributed by atoms with Crippen molar-refractivity contribution in [1.29, 1.82) is 0 Å². The van der Waals surface area contributed by atoms with E-state index in [1.807, 2.05) is 41.7 Å². The molecule has 1 saturated heterocycles. The molecule has 2 rings (SSSR count). The van der Waals surface area contributed by atoms with E-state index in [0.717, 1.165) is 37.1 Å². The van der Waals surface area contributed by atoms with E-state index in [-0.39, 0.29) is 41.8 Å². The topological polar surface area (TPSA) is 141 Å². The molecule has 1 fully saturated rings. The number of thiazole rings is 1. The van der Waals surface area contributed by atoms with Gasteiger partial charge in [-0.15, -0.1) is 11.3 Å². The van der Waals surface area contributed by atoms with Crippen LogP contribution in [0.1, 0.15) is 95.2 Å². The molecule has 5 atom stereocenters. The van der Waals surface area contributed by atoms with Gasteiger partial charge in [0.15, 0.2) is 11.8 Å². The SMILES string of the molecule is CCNC(=O)O[C@H](C[C@H](C(C)C)N(C)C(=O)[C@@H](NC(=O)[C@@]1(C)CCCCN1C)C(C)CC)c1nc(C(=O)O)cs1. The maximum Gasteiger partial charge on any atom is 0.407 e. The highest BCUT2D eigenvalue weighted by Gasteiger charge is 2.42. The summed E-state index contributed by atoms with van der Waals surface area (Å²) >= 11 is 1.10. The van der Waals surface area contributed by atoms with E-state index < -0.39 is 29.7 Å². The Kier molecular flexibility index (Phi) is 12.4. The van der Waals surface area contributed by atoms with Crippen molar-refractivity contribution in [3.05, 3.63) is 16.1 Å². The van der Waals surface area contributed by atoms with Crippen molar-refractivity contribution in [3.63, 3.8) is 0 Å². The fraction of sp³-hybridized carbons (Fsp3) is 0.750. The molecule has 1 unspecified atom stereocenters. The van der Waals surface area contributed by atoms with Gasteiger partial charge in [0.25, 0.3) is 0 Å². The van der Waals surface area contributed by atoms with Crippen molar-refractivity contribution in [2.24, 2.45) is 11.8 Å². The number of ether oxygens (including phenoxy) is 1. The first-order valence-corrected chi connectivity index (χ1v) is 15.1. The first kappa shape index (κ1) is 33.5. The van der Waals surface area contributed by atoms with Gasteiger partial charge in [-0.3, -0.25) is 14.5 Å².